The van der Waals surface area contributed by atoms with Gasteiger partial charge in [0, 0.05) is 23.6 Å². The number of carbonyl (C=O) groups is 1. The van der Waals surface area contributed by atoms with Gasteiger partial charge in [0.1, 0.15) is 0 Å². The minimum Gasteiger partial charge on any atom is -0.326 e. The molecule has 0 spiro atoms. The molecule has 0 heterocycles. The smallest absolute Gasteiger partial charge is 0.224 e. The number of amides is 1. The fraction of sp³-hybridized carbons (Fsp3) is 0.417. The number of carbonyl (C=O) groups excluding carboxylic acids is 1. The molecule has 0 aromatic heterocycles. The molecule has 0 bridgehead atoms. The van der Waals surface area contributed by atoms with Crippen LogP contribution in [-0.2, 0) is 11.2 Å². The van der Waals surface area contributed by atoms with Crippen molar-refractivity contribution in [1.29, 1.82) is 0 Å². The van der Waals surface area contributed by atoms with Crippen LogP contribution in [0.1, 0.15) is 25.3 Å². The Kier molecular flexibility index (Phi) is 5.61. The number of hydrogen-bond acceptors (Lipinski definition) is 2. The minimum absolute atomic E-state index is 0.0533. The standard InChI is InChI=1S/C12H16N4O/c1-2-10-5-7-11(8-6-10)15-12(17)4-3-9-14-16-13/h5-8H,2-4,9H2,1H3,(H,15,17). The van der Waals surface area contributed by atoms with E-state index in [4.69, 9.17) is 5.53 Å². The van der Waals surface area contributed by atoms with Crippen LogP contribution in [0.25, 0.3) is 10.4 Å². The summed E-state index contributed by atoms with van der Waals surface area (Å²) in [6.07, 6.45) is 1.93. The Morgan fingerprint density at radius 2 is 2.12 bits per heavy atom. The lowest BCUT2D eigenvalue weighted by molar-refractivity contribution is -0.116. The van der Waals surface area contributed by atoms with Gasteiger partial charge in [-0.3, -0.25) is 4.79 Å². The van der Waals surface area contributed by atoms with E-state index in [-0.39, 0.29) is 5.91 Å². The average molecular weight is 232 g/mol. The highest BCUT2D eigenvalue weighted by Gasteiger charge is 2.01. The number of rotatable bonds is 6. The zero-order valence-corrected chi connectivity index (χ0v) is 9.89. The number of azide groups is 1. The van der Waals surface area contributed by atoms with Crippen LogP contribution in [0.4, 0.5) is 5.69 Å². The molecule has 0 aliphatic rings. The van der Waals surface area contributed by atoms with Crippen molar-refractivity contribution in [3.8, 4) is 0 Å². The fourth-order valence-corrected chi connectivity index (χ4v) is 1.40. The first-order valence-electron chi connectivity index (χ1n) is 5.66. The van der Waals surface area contributed by atoms with E-state index in [1.54, 1.807) is 0 Å². The number of nitrogens with zero attached hydrogens (tertiary/aromatic N) is 3. The van der Waals surface area contributed by atoms with Gasteiger partial charge in [0.25, 0.3) is 0 Å². The van der Waals surface area contributed by atoms with E-state index in [1.165, 1.54) is 5.56 Å². The van der Waals surface area contributed by atoms with Crippen molar-refractivity contribution in [2.24, 2.45) is 5.11 Å². The molecule has 0 aliphatic carbocycles. The molecular formula is C12H16N4O. The molecule has 90 valence electrons. The topological polar surface area (TPSA) is 77.9 Å². The summed E-state index contributed by atoms with van der Waals surface area (Å²) in [7, 11) is 0. The maximum Gasteiger partial charge on any atom is 0.224 e. The van der Waals surface area contributed by atoms with Crippen LogP contribution in [0, 0.1) is 0 Å². The molecule has 1 aromatic carbocycles. The summed E-state index contributed by atoms with van der Waals surface area (Å²) < 4.78 is 0. The number of benzene rings is 1. The summed E-state index contributed by atoms with van der Waals surface area (Å²) in [6.45, 7) is 2.45. The molecule has 1 aromatic rings. The normalized spacial score (nSPS) is 9.47. The van der Waals surface area contributed by atoms with E-state index in [2.05, 4.69) is 22.3 Å². The van der Waals surface area contributed by atoms with Crippen molar-refractivity contribution in [3.05, 3.63) is 40.3 Å². The Labute approximate surface area is 100 Å². The van der Waals surface area contributed by atoms with E-state index in [0.717, 1.165) is 12.1 Å². The van der Waals surface area contributed by atoms with Crippen molar-refractivity contribution >= 4 is 11.6 Å². The summed E-state index contributed by atoms with van der Waals surface area (Å²) in [6, 6.07) is 7.78. The summed E-state index contributed by atoms with van der Waals surface area (Å²) in [5.41, 5.74) is 10.1. The third-order valence-electron chi connectivity index (χ3n) is 2.37. The lowest BCUT2D eigenvalue weighted by atomic mass is 10.1. The predicted molar refractivity (Wildman–Crippen MR) is 67.7 cm³/mol. The lowest BCUT2D eigenvalue weighted by Gasteiger charge is -2.05. The van der Waals surface area contributed by atoms with E-state index < -0.39 is 0 Å². The molecular weight excluding hydrogens is 216 g/mol. The van der Waals surface area contributed by atoms with Crippen molar-refractivity contribution < 1.29 is 4.79 Å². The van der Waals surface area contributed by atoms with Crippen LogP contribution in [-0.4, -0.2) is 12.5 Å². The zero-order chi connectivity index (χ0) is 12.5. The van der Waals surface area contributed by atoms with Crippen molar-refractivity contribution in [2.75, 3.05) is 11.9 Å². The van der Waals surface area contributed by atoms with Crippen LogP contribution in [0.3, 0.4) is 0 Å². The summed E-state index contributed by atoms with van der Waals surface area (Å²) in [5.74, 6) is -0.0533. The molecule has 0 radical (unpaired) electrons. The van der Waals surface area contributed by atoms with E-state index >= 15 is 0 Å². The summed E-state index contributed by atoms with van der Waals surface area (Å²) in [5, 5.41) is 6.17. The van der Waals surface area contributed by atoms with E-state index in [9.17, 15) is 4.79 Å². The third kappa shape index (κ3) is 5.04. The molecule has 0 fully saturated rings. The Morgan fingerprint density at radius 1 is 1.41 bits per heavy atom. The van der Waals surface area contributed by atoms with Crippen molar-refractivity contribution in [2.45, 2.75) is 26.2 Å². The van der Waals surface area contributed by atoms with Crippen LogP contribution >= 0.6 is 0 Å². The van der Waals surface area contributed by atoms with Gasteiger partial charge in [0.2, 0.25) is 5.91 Å². The fourth-order valence-electron chi connectivity index (χ4n) is 1.40. The lowest BCUT2D eigenvalue weighted by Crippen LogP contribution is -2.11. The van der Waals surface area contributed by atoms with Gasteiger partial charge in [-0.1, -0.05) is 24.2 Å². The molecule has 1 amide bonds. The molecule has 0 aliphatic heterocycles. The first-order valence-corrected chi connectivity index (χ1v) is 5.66. The first-order chi connectivity index (χ1) is 8.26. The average Bonchev–Trinajstić information content (AvgIpc) is 2.36. The van der Waals surface area contributed by atoms with Gasteiger partial charge in [-0.25, -0.2) is 0 Å². The molecule has 1 rings (SSSR count). The summed E-state index contributed by atoms with van der Waals surface area (Å²) in [4.78, 5) is 14.1. The maximum absolute atomic E-state index is 11.5. The van der Waals surface area contributed by atoms with Crippen LogP contribution in [0.2, 0.25) is 0 Å². The zero-order valence-electron chi connectivity index (χ0n) is 9.89. The highest BCUT2D eigenvalue weighted by atomic mass is 16.1. The van der Waals surface area contributed by atoms with Gasteiger partial charge in [0.15, 0.2) is 0 Å². The molecule has 0 atom stereocenters. The number of aryl methyl sites for hydroxylation is 1. The quantitative estimate of drug-likeness (QED) is 0.347. The maximum atomic E-state index is 11.5. The second-order valence-corrected chi connectivity index (χ2v) is 3.66. The van der Waals surface area contributed by atoms with Gasteiger partial charge in [0.05, 0.1) is 0 Å². The monoisotopic (exact) mass is 232 g/mol. The predicted octanol–water partition coefficient (Wildman–Crippen LogP) is 3.28. The Hall–Kier alpha value is -2.00. The number of anilines is 1. The second kappa shape index (κ2) is 7.30. The van der Waals surface area contributed by atoms with Gasteiger partial charge < -0.3 is 5.32 Å². The number of nitrogens with one attached hydrogen (secondary N) is 1. The van der Waals surface area contributed by atoms with Crippen LogP contribution < -0.4 is 5.32 Å². The first kappa shape index (κ1) is 13.1. The largest absolute Gasteiger partial charge is 0.326 e. The Balaban J connectivity index is 2.36. The van der Waals surface area contributed by atoms with Gasteiger partial charge in [-0.15, -0.1) is 0 Å². The third-order valence-corrected chi connectivity index (χ3v) is 2.37. The van der Waals surface area contributed by atoms with E-state index in [0.29, 0.717) is 19.4 Å². The minimum atomic E-state index is -0.0533. The Bertz CT molecular complexity index is 407. The molecule has 0 saturated carbocycles. The number of hydrogen-bond donors (Lipinski definition) is 1. The molecule has 17 heavy (non-hydrogen) atoms. The van der Waals surface area contributed by atoms with Crippen molar-refractivity contribution in [3.63, 3.8) is 0 Å². The molecule has 1 N–H and O–H groups in total. The molecule has 0 saturated heterocycles. The van der Waals surface area contributed by atoms with Gasteiger partial charge in [-0.05, 0) is 36.1 Å². The SMILES string of the molecule is CCc1ccc(NC(=O)CCCN=[N+]=[N-])cc1. The van der Waals surface area contributed by atoms with Crippen LogP contribution in [0.15, 0.2) is 29.4 Å². The van der Waals surface area contributed by atoms with Crippen molar-refractivity contribution in [1.82, 2.24) is 0 Å². The van der Waals surface area contributed by atoms with E-state index in [1.807, 2.05) is 24.3 Å². The molecule has 0 unspecified atom stereocenters. The summed E-state index contributed by atoms with van der Waals surface area (Å²) >= 11 is 0. The highest BCUT2D eigenvalue weighted by Crippen LogP contribution is 2.10. The Morgan fingerprint density at radius 3 is 2.71 bits per heavy atom. The molecule has 5 heteroatoms. The van der Waals surface area contributed by atoms with Gasteiger partial charge >= 0.3 is 0 Å². The van der Waals surface area contributed by atoms with Gasteiger partial charge in [-0.2, -0.15) is 0 Å². The highest BCUT2D eigenvalue weighted by molar-refractivity contribution is 5.90. The van der Waals surface area contributed by atoms with Crippen LogP contribution in [0.5, 0.6) is 0 Å². The second-order valence-electron chi connectivity index (χ2n) is 3.66. The molecule has 5 nitrogen and oxygen atoms in total.